The van der Waals surface area contributed by atoms with Crippen molar-refractivity contribution in [1.29, 1.82) is 0 Å². The SMILES string of the molecule is COc1cc(CO)cc2c1O[C@@H]1[C@@H](O)[C@H](N(Cc3ccc(Cl)cc3)C(=O)C3CC3)C=C(C(=O)NCCO)[C@H]21. The van der Waals surface area contributed by atoms with E-state index < -0.39 is 30.1 Å². The zero-order valence-corrected chi connectivity index (χ0v) is 21.7. The van der Waals surface area contributed by atoms with Gasteiger partial charge < -0.3 is 35.0 Å². The van der Waals surface area contributed by atoms with Gasteiger partial charge in [0, 0.05) is 35.2 Å². The van der Waals surface area contributed by atoms with E-state index in [0.717, 1.165) is 18.4 Å². The van der Waals surface area contributed by atoms with Crippen LogP contribution in [0.1, 0.15) is 35.4 Å². The molecule has 9 nitrogen and oxygen atoms in total. The molecule has 202 valence electrons. The quantitative estimate of drug-likeness (QED) is 0.381. The number of nitrogens with one attached hydrogen (secondary N) is 1. The van der Waals surface area contributed by atoms with Crippen LogP contribution in [0.15, 0.2) is 48.0 Å². The minimum absolute atomic E-state index is 0.0456. The average Bonchev–Trinajstić information content (AvgIpc) is 3.71. The van der Waals surface area contributed by atoms with Crippen LogP contribution in [0, 0.1) is 5.92 Å². The first-order valence-corrected chi connectivity index (χ1v) is 13.1. The van der Waals surface area contributed by atoms with E-state index in [1.165, 1.54) is 7.11 Å². The molecule has 38 heavy (non-hydrogen) atoms. The molecule has 4 atom stereocenters. The molecule has 2 aliphatic carbocycles. The fourth-order valence-electron chi connectivity index (χ4n) is 5.30. The maximum Gasteiger partial charge on any atom is 0.247 e. The maximum absolute atomic E-state index is 13.5. The van der Waals surface area contributed by atoms with Crippen LogP contribution in [0.2, 0.25) is 5.02 Å². The van der Waals surface area contributed by atoms with Crippen molar-refractivity contribution in [1.82, 2.24) is 10.2 Å². The van der Waals surface area contributed by atoms with Gasteiger partial charge in [-0.1, -0.05) is 23.7 Å². The summed E-state index contributed by atoms with van der Waals surface area (Å²) >= 11 is 6.06. The molecule has 0 spiro atoms. The molecule has 5 rings (SSSR count). The van der Waals surface area contributed by atoms with Crippen molar-refractivity contribution in [3.05, 3.63) is 69.8 Å². The van der Waals surface area contributed by atoms with Crippen molar-refractivity contribution >= 4 is 23.4 Å². The van der Waals surface area contributed by atoms with Gasteiger partial charge in [-0.3, -0.25) is 9.59 Å². The number of hydrogen-bond donors (Lipinski definition) is 4. The molecule has 1 fully saturated rings. The second kappa shape index (κ2) is 10.9. The van der Waals surface area contributed by atoms with Crippen molar-refractivity contribution in [2.75, 3.05) is 20.3 Å². The largest absolute Gasteiger partial charge is 0.493 e. The molecule has 1 saturated carbocycles. The highest BCUT2D eigenvalue weighted by Gasteiger charge is 2.52. The Morgan fingerprint density at radius 2 is 1.89 bits per heavy atom. The molecule has 10 heteroatoms. The van der Waals surface area contributed by atoms with Crippen LogP contribution < -0.4 is 14.8 Å². The number of benzene rings is 2. The highest BCUT2D eigenvalue weighted by molar-refractivity contribution is 6.30. The molecule has 0 bridgehead atoms. The second-order valence-electron chi connectivity index (χ2n) is 9.88. The summed E-state index contributed by atoms with van der Waals surface area (Å²) in [6.07, 6.45) is 1.17. The van der Waals surface area contributed by atoms with Gasteiger partial charge in [0.15, 0.2) is 11.5 Å². The molecule has 0 saturated heterocycles. The first kappa shape index (κ1) is 26.5. The molecule has 2 aromatic carbocycles. The number of carbonyl (C=O) groups is 2. The van der Waals surface area contributed by atoms with Gasteiger partial charge in [-0.2, -0.15) is 0 Å². The van der Waals surface area contributed by atoms with E-state index in [1.807, 2.05) is 12.1 Å². The highest BCUT2D eigenvalue weighted by atomic mass is 35.5. The Hall–Kier alpha value is -3.11. The van der Waals surface area contributed by atoms with Crippen molar-refractivity contribution in [3.63, 3.8) is 0 Å². The lowest BCUT2D eigenvalue weighted by atomic mass is 9.77. The van der Waals surface area contributed by atoms with Gasteiger partial charge in [-0.05, 0) is 54.3 Å². The zero-order valence-electron chi connectivity index (χ0n) is 21.0. The van der Waals surface area contributed by atoms with Gasteiger partial charge >= 0.3 is 0 Å². The first-order chi connectivity index (χ1) is 18.4. The number of methoxy groups -OCH3 is 1. The number of amides is 2. The lowest BCUT2D eigenvalue weighted by Gasteiger charge is -2.41. The Bertz CT molecular complexity index is 1240. The number of rotatable bonds is 9. The van der Waals surface area contributed by atoms with Crippen LogP contribution in [0.25, 0.3) is 0 Å². The molecular weight excluding hydrogens is 512 g/mol. The average molecular weight is 543 g/mol. The number of hydrogen-bond acceptors (Lipinski definition) is 7. The number of ether oxygens (including phenoxy) is 2. The van der Waals surface area contributed by atoms with Crippen LogP contribution in [-0.2, 0) is 22.7 Å². The monoisotopic (exact) mass is 542 g/mol. The molecule has 2 amide bonds. The fraction of sp³-hybridized carbons (Fsp3) is 0.429. The summed E-state index contributed by atoms with van der Waals surface area (Å²) < 4.78 is 11.7. The van der Waals surface area contributed by atoms with Crippen LogP contribution in [0.3, 0.4) is 0 Å². The zero-order chi connectivity index (χ0) is 27.0. The van der Waals surface area contributed by atoms with Crippen LogP contribution in [0.5, 0.6) is 11.5 Å². The number of aliphatic hydroxyl groups is 3. The standard InChI is InChI=1S/C28H31ClN2O7/c1-37-22-11-16(14-33)10-19-23-20(27(35)30-8-9-32)12-21(24(34)26(23)38-25(19)22)31(28(36)17-4-5-17)13-15-2-6-18(29)7-3-15/h2-3,6-7,10-12,17,21,23-24,26,32-34H,4-5,8-9,13-14H2,1H3,(H,30,35)/t21-,23+,24+,26+/m1/s1. The molecule has 1 heterocycles. The van der Waals surface area contributed by atoms with Gasteiger partial charge in [0.1, 0.15) is 12.2 Å². The third-order valence-electron chi connectivity index (χ3n) is 7.33. The van der Waals surface area contributed by atoms with Crippen molar-refractivity contribution < 1.29 is 34.4 Å². The van der Waals surface area contributed by atoms with Crippen molar-refractivity contribution in [2.45, 2.75) is 50.2 Å². The summed E-state index contributed by atoms with van der Waals surface area (Å²) in [4.78, 5) is 28.5. The van der Waals surface area contributed by atoms with E-state index in [4.69, 9.17) is 21.1 Å². The molecule has 0 aromatic heterocycles. The summed E-state index contributed by atoms with van der Waals surface area (Å²) in [5.41, 5.74) is 2.34. The number of fused-ring (bicyclic) bond motifs is 3. The van der Waals surface area contributed by atoms with E-state index in [1.54, 1.807) is 35.2 Å². The minimum Gasteiger partial charge on any atom is -0.493 e. The number of nitrogens with zero attached hydrogens (tertiary/aromatic N) is 1. The third-order valence-corrected chi connectivity index (χ3v) is 7.58. The summed E-state index contributed by atoms with van der Waals surface area (Å²) in [6.45, 7) is -0.215. The number of carbonyl (C=O) groups excluding carboxylic acids is 2. The van der Waals surface area contributed by atoms with Crippen LogP contribution in [0.4, 0.5) is 0 Å². The van der Waals surface area contributed by atoms with Crippen molar-refractivity contribution in [3.8, 4) is 11.5 Å². The maximum atomic E-state index is 13.5. The smallest absolute Gasteiger partial charge is 0.247 e. The summed E-state index contributed by atoms with van der Waals surface area (Å²) in [5, 5.41) is 34.0. The minimum atomic E-state index is -1.15. The molecule has 0 unspecified atom stereocenters. The van der Waals surface area contributed by atoms with Crippen LogP contribution >= 0.6 is 11.6 Å². The fourth-order valence-corrected chi connectivity index (χ4v) is 5.43. The molecule has 3 aliphatic rings. The Morgan fingerprint density at radius 1 is 1.16 bits per heavy atom. The Balaban J connectivity index is 1.58. The topological polar surface area (TPSA) is 129 Å². The lowest BCUT2D eigenvalue weighted by molar-refractivity contribution is -0.139. The van der Waals surface area contributed by atoms with Gasteiger partial charge in [-0.25, -0.2) is 0 Å². The van der Waals surface area contributed by atoms with Gasteiger partial charge in [0.25, 0.3) is 0 Å². The normalized spacial score (nSPS) is 23.6. The summed E-state index contributed by atoms with van der Waals surface area (Å²) in [5.74, 6) is -0.541. The predicted molar refractivity (Wildman–Crippen MR) is 139 cm³/mol. The Kier molecular flexibility index (Phi) is 7.63. The third kappa shape index (κ3) is 4.99. The molecule has 0 radical (unpaired) electrons. The molecule has 1 aliphatic heterocycles. The summed E-state index contributed by atoms with van der Waals surface area (Å²) in [6, 6.07) is 9.70. The Morgan fingerprint density at radius 3 is 2.53 bits per heavy atom. The van der Waals surface area contributed by atoms with Gasteiger partial charge in [0.05, 0.1) is 32.3 Å². The highest BCUT2D eigenvalue weighted by Crippen LogP contribution is 2.51. The van der Waals surface area contributed by atoms with Gasteiger partial charge in [-0.15, -0.1) is 0 Å². The molecular formula is C28H31ClN2O7. The second-order valence-corrected chi connectivity index (χ2v) is 10.3. The molecule has 4 N–H and O–H groups in total. The molecule has 2 aromatic rings. The van der Waals surface area contributed by atoms with E-state index >= 15 is 0 Å². The first-order valence-electron chi connectivity index (χ1n) is 12.7. The Labute approximate surface area is 225 Å². The predicted octanol–water partition coefficient (Wildman–Crippen LogP) is 1.90. The van der Waals surface area contributed by atoms with Gasteiger partial charge in [0.2, 0.25) is 11.8 Å². The number of aliphatic hydroxyl groups excluding tert-OH is 3. The summed E-state index contributed by atoms with van der Waals surface area (Å²) in [7, 11) is 1.48. The number of halogens is 1. The van der Waals surface area contributed by atoms with E-state index in [-0.39, 0.29) is 38.1 Å². The van der Waals surface area contributed by atoms with E-state index in [0.29, 0.717) is 33.2 Å². The van der Waals surface area contributed by atoms with Crippen molar-refractivity contribution in [2.24, 2.45) is 5.92 Å². The lowest BCUT2D eigenvalue weighted by Crippen LogP contribution is -2.55. The van der Waals surface area contributed by atoms with E-state index in [2.05, 4.69) is 5.32 Å². The van der Waals surface area contributed by atoms with Crippen LogP contribution in [-0.4, -0.2) is 70.5 Å². The van der Waals surface area contributed by atoms with E-state index in [9.17, 15) is 24.9 Å².